The number of hydrogen-bond acceptors (Lipinski definition) is 3. The van der Waals surface area contributed by atoms with Crippen molar-refractivity contribution in [2.24, 2.45) is 0 Å². The van der Waals surface area contributed by atoms with Crippen LogP contribution in [0, 0.1) is 5.82 Å². The highest BCUT2D eigenvalue weighted by atomic mass is 79.9. The molecule has 1 aromatic carbocycles. The number of phenols is 1. The van der Waals surface area contributed by atoms with Crippen LogP contribution in [0.25, 0.3) is 0 Å². The van der Waals surface area contributed by atoms with Crippen molar-refractivity contribution in [1.82, 2.24) is 0 Å². The molecule has 1 rings (SSSR count). The Morgan fingerprint density at radius 2 is 2.29 bits per heavy atom. The van der Waals surface area contributed by atoms with Gasteiger partial charge >= 0.3 is 5.97 Å². The average molecular weight is 263 g/mol. The minimum atomic E-state index is -0.787. The Hall–Kier alpha value is -1.10. The maximum Gasteiger partial charge on any atom is 0.339 e. The van der Waals surface area contributed by atoms with Crippen LogP contribution in [-0.2, 0) is 4.74 Å². The van der Waals surface area contributed by atoms with Gasteiger partial charge in [-0.25, -0.2) is 9.18 Å². The van der Waals surface area contributed by atoms with Crippen LogP contribution >= 0.6 is 15.9 Å². The van der Waals surface area contributed by atoms with Gasteiger partial charge in [0, 0.05) is 4.47 Å². The van der Waals surface area contributed by atoms with Crippen LogP contribution in [-0.4, -0.2) is 17.7 Å². The highest BCUT2D eigenvalue weighted by molar-refractivity contribution is 9.10. The van der Waals surface area contributed by atoms with E-state index < -0.39 is 17.5 Å². The van der Waals surface area contributed by atoms with Gasteiger partial charge < -0.3 is 9.84 Å². The molecule has 0 unspecified atom stereocenters. The van der Waals surface area contributed by atoms with Crippen LogP contribution in [0.3, 0.4) is 0 Å². The molecule has 3 nitrogen and oxygen atoms in total. The fourth-order valence-electron chi connectivity index (χ4n) is 0.903. The number of ether oxygens (including phenoxy) is 1. The second kappa shape index (κ2) is 4.41. The van der Waals surface area contributed by atoms with E-state index in [4.69, 9.17) is 9.84 Å². The van der Waals surface area contributed by atoms with E-state index in [1.807, 2.05) is 0 Å². The van der Waals surface area contributed by atoms with E-state index in [0.717, 1.165) is 12.1 Å². The first kappa shape index (κ1) is 11.0. The smallest absolute Gasteiger partial charge is 0.339 e. The Labute approximate surface area is 88.6 Å². The summed E-state index contributed by atoms with van der Waals surface area (Å²) in [6, 6.07) is 2.04. The van der Waals surface area contributed by atoms with Gasteiger partial charge in [-0.2, -0.15) is 0 Å². The van der Waals surface area contributed by atoms with Crippen molar-refractivity contribution in [3.63, 3.8) is 0 Å². The number of hydrogen-bond donors (Lipinski definition) is 1. The number of phenolic OH excluding ortho intramolecular Hbond substituents is 1. The number of rotatable bonds is 2. The predicted molar refractivity (Wildman–Crippen MR) is 51.7 cm³/mol. The summed E-state index contributed by atoms with van der Waals surface area (Å²) in [5.41, 5.74) is 0.103. The van der Waals surface area contributed by atoms with Crippen molar-refractivity contribution >= 4 is 21.9 Å². The molecule has 0 saturated carbocycles. The highest BCUT2D eigenvalue weighted by Crippen LogP contribution is 2.25. The zero-order valence-corrected chi connectivity index (χ0v) is 8.97. The first-order chi connectivity index (χ1) is 6.56. The number of esters is 1. The summed E-state index contributed by atoms with van der Waals surface area (Å²) in [7, 11) is 0. The van der Waals surface area contributed by atoms with Crippen molar-refractivity contribution in [2.75, 3.05) is 6.61 Å². The molecule has 0 heterocycles. The van der Waals surface area contributed by atoms with Gasteiger partial charge in [0.1, 0.15) is 0 Å². The second-order valence-electron chi connectivity index (χ2n) is 2.50. The summed E-state index contributed by atoms with van der Waals surface area (Å²) in [6.07, 6.45) is 0. The van der Waals surface area contributed by atoms with Crippen molar-refractivity contribution in [3.05, 3.63) is 28.0 Å². The number of halogens is 2. The van der Waals surface area contributed by atoms with Gasteiger partial charge in [-0.05, 0) is 35.0 Å². The molecule has 0 bridgehead atoms. The summed E-state index contributed by atoms with van der Waals surface area (Å²) >= 11 is 3.00. The molecule has 0 radical (unpaired) electrons. The van der Waals surface area contributed by atoms with Crippen LogP contribution < -0.4 is 0 Å². The molecular formula is C9H8BrFO3. The monoisotopic (exact) mass is 262 g/mol. The summed E-state index contributed by atoms with van der Waals surface area (Å²) in [5.74, 6) is -1.96. The molecule has 1 aromatic rings. The van der Waals surface area contributed by atoms with E-state index in [2.05, 4.69) is 15.9 Å². The lowest BCUT2D eigenvalue weighted by atomic mass is 10.2. The Kier molecular flexibility index (Phi) is 3.46. The molecule has 14 heavy (non-hydrogen) atoms. The van der Waals surface area contributed by atoms with E-state index in [1.54, 1.807) is 6.92 Å². The molecule has 0 saturated heterocycles. The molecule has 0 fully saturated rings. The fourth-order valence-corrected chi connectivity index (χ4v) is 1.38. The molecule has 0 spiro atoms. The zero-order chi connectivity index (χ0) is 10.7. The Morgan fingerprint density at radius 1 is 1.64 bits per heavy atom. The molecule has 0 amide bonds. The summed E-state index contributed by atoms with van der Waals surface area (Å²) in [4.78, 5) is 11.2. The lowest BCUT2D eigenvalue weighted by molar-refractivity contribution is 0.0524. The maximum atomic E-state index is 12.8. The number of carbonyl (C=O) groups is 1. The number of aromatic hydroxyl groups is 1. The van der Waals surface area contributed by atoms with Crippen LogP contribution in [0.4, 0.5) is 4.39 Å². The summed E-state index contributed by atoms with van der Waals surface area (Å²) < 4.78 is 17.7. The Balaban J connectivity index is 3.09. The van der Waals surface area contributed by atoms with E-state index in [1.165, 1.54) is 0 Å². The van der Waals surface area contributed by atoms with Crippen molar-refractivity contribution in [1.29, 1.82) is 0 Å². The van der Waals surface area contributed by atoms with Gasteiger partial charge in [0.15, 0.2) is 11.6 Å². The normalized spacial score (nSPS) is 9.93. The zero-order valence-electron chi connectivity index (χ0n) is 7.38. The van der Waals surface area contributed by atoms with E-state index >= 15 is 0 Å². The number of carbonyl (C=O) groups excluding carboxylic acids is 1. The lowest BCUT2D eigenvalue weighted by Gasteiger charge is -2.05. The van der Waals surface area contributed by atoms with Gasteiger partial charge in [-0.1, -0.05) is 0 Å². The van der Waals surface area contributed by atoms with Gasteiger partial charge in [-0.3, -0.25) is 0 Å². The van der Waals surface area contributed by atoms with Crippen LogP contribution in [0.5, 0.6) is 5.75 Å². The van der Waals surface area contributed by atoms with Crippen molar-refractivity contribution < 1.29 is 19.0 Å². The molecule has 0 aliphatic carbocycles. The Morgan fingerprint density at radius 3 is 2.86 bits per heavy atom. The van der Waals surface area contributed by atoms with Crippen molar-refractivity contribution in [3.8, 4) is 5.75 Å². The first-order valence-electron chi connectivity index (χ1n) is 3.91. The molecular weight excluding hydrogens is 255 g/mol. The standard InChI is InChI=1S/C9H8BrFO3/c1-2-14-9(13)5-3-8(12)7(11)4-6(5)10/h3-4,12H,2H2,1H3. The fraction of sp³-hybridized carbons (Fsp3) is 0.222. The molecule has 0 atom stereocenters. The quantitative estimate of drug-likeness (QED) is 0.834. The Bertz CT molecular complexity index is 365. The first-order valence-corrected chi connectivity index (χ1v) is 4.70. The summed E-state index contributed by atoms with van der Waals surface area (Å²) in [5, 5.41) is 9.04. The van der Waals surface area contributed by atoms with E-state index in [-0.39, 0.29) is 16.6 Å². The van der Waals surface area contributed by atoms with Crippen LogP contribution in [0.2, 0.25) is 0 Å². The second-order valence-corrected chi connectivity index (χ2v) is 3.36. The lowest BCUT2D eigenvalue weighted by Crippen LogP contribution is -2.05. The maximum absolute atomic E-state index is 12.8. The minimum absolute atomic E-state index is 0.103. The van der Waals surface area contributed by atoms with E-state index in [9.17, 15) is 9.18 Å². The van der Waals surface area contributed by atoms with Crippen molar-refractivity contribution in [2.45, 2.75) is 6.92 Å². The largest absolute Gasteiger partial charge is 0.505 e. The molecule has 0 aliphatic rings. The average Bonchev–Trinajstić information content (AvgIpc) is 2.11. The van der Waals surface area contributed by atoms with Gasteiger partial charge in [-0.15, -0.1) is 0 Å². The van der Waals surface area contributed by atoms with Crippen LogP contribution in [0.1, 0.15) is 17.3 Å². The molecule has 5 heteroatoms. The third-order valence-corrected chi connectivity index (χ3v) is 2.19. The molecule has 76 valence electrons. The molecule has 0 aromatic heterocycles. The highest BCUT2D eigenvalue weighted by Gasteiger charge is 2.14. The van der Waals surface area contributed by atoms with E-state index in [0.29, 0.717) is 0 Å². The summed E-state index contributed by atoms with van der Waals surface area (Å²) in [6.45, 7) is 1.89. The van der Waals surface area contributed by atoms with Gasteiger partial charge in [0.25, 0.3) is 0 Å². The minimum Gasteiger partial charge on any atom is -0.505 e. The third kappa shape index (κ3) is 2.23. The number of benzene rings is 1. The predicted octanol–water partition coefficient (Wildman–Crippen LogP) is 2.47. The van der Waals surface area contributed by atoms with Gasteiger partial charge in [0.2, 0.25) is 0 Å². The topological polar surface area (TPSA) is 46.5 Å². The van der Waals surface area contributed by atoms with Crippen LogP contribution in [0.15, 0.2) is 16.6 Å². The SMILES string of the molecule is CCOC(=O)c1cc(O)c(F)cc1Br. The molecule has 1 N–H and O–H groups in total. The molecule has 0 aliphatic heterocycles. The third-order valence-electron chi connectivity index (χ3n) is 1.53. The van der Waals surface area contributed by atoms with Gasteiger partial charge in [0.05, 0.1) is 12.2 Å².